The van der Waals surface area contributed by atoms with Crippen molar-refractivity contribution in [3.63, 3.8) is 0 Å². The van der Waals surface area contributed by atoms with Gasteiger partial charge in [0.2, 0.25) is 0 Å². The lowest BCUT2D eigenvalue weighted by Crippen LogP contribution is -2.43. The number of amidine groups is 1. The van der Waals surface area contributed by atoms with Gasteiger partial charge in [0, 0.05) is 12.5 Å². The fourth-order valence-electron chi connectivity index (χ4n) is 2.49. The highest BCUT2D eigenvalue weighted by Crippen LogP contribution is 2.22. The van der Waals surface area contributed by atoms with Crippen LogP contribution < -0.4 is 5.73 Å². The van der Waals surface area contributed by atoms with Crippen molar-refractivity contribution in [2.75, 3.05) is 13.6 Å². The monoisotopic (exact) mass is 243 g/mol. The van der Waals surface area contributed by atoms with Gasteiger partial charge in [0.1, 0.15) is 5.84 Å². The Labute approximate surface area is 103 Å². The normalized spacial score (nSPS) is 26.4. The third-order valence-corrected chi connectivity index (χ3v) is 3.58. The summed E-state index contributed by atoms with van der Waals surface area (Å²) in [6.07, 6.45) is 6.79. The summed E-state index contributed by atoms with van der Waals surface area (Å²) >= 11 is 0. The highest BCUT2D eigenvalue weighted by atomic mass is 16.4. The number of nitrogens with two attached hydrogens (primary N) is 1. The van der Waals surface area contributed by atoms with Crippen molar-refractivity contribution >= 4 is 5.84 Å². The zero-order chi connectivity index (χ0) is 12.7. The Morgan fingerprint density at radius 3 is 2.71 bits per heavy atom. The fraction of sp³-hybridized carbons (Fsp3) is 0.917. The Bertz CT molecular complexity index is 246. The number of unbranched alkanes of at least 4 members (excludes halogenated alkanes) is 1. The van der Waals surface area contributed by atoms with Crippen LogP contribution in [0.5, 0.6) is 0 Å². The maximum absolute atomic E-state index is 9.91. The van der Waals surface area contributed by atoms with E-state index in [2.05, 4.69) is 17.1 Å². The average molecular weight is 243 g/mol. The van der Waals surface area contributed by atoms with E-state index in [1.807, 2.05) is 0 Å². The van der Waals surface area contributed by atoms with Gasteiger partial charge in [0.05, 0.1) is 6.10 Å². The number of aliphatic hydroxyl groups excluding tert-OH is 1. The molecule has 5 heteroatoms. The number of likely N-dealkylation sites (N-methyl/N-ethyl adjacent to an activating group) is 1. The number of hydrogen-bond donors (Lipinski definition) is 3. The molecule has 0 aromatic carbocycles. The molecular formula is C12H25N3O2. The molecule has 1 saturated carbocycles. The van der Waals surface area contributed by atoms with Crippen molar-refractivity contribution in [3.8, 4) is 0 Å². The van der Waals surface area contributed by atoms with E-state index in [9.17, 15) is 5.11 Å². The van der Waals surface area contributed by atoms with E-state index in [1.54, 1.807) is 0 Å². The van der Waals surface area contributed by atoms with Crippen LogP contribution in [-0.4, -0.2) is 46.8 Å². The first kappa shape index (κ1) is 14.3. The number of nitrogens with zero attached hydrogens (tertiary/aromatic N) is 2. The second kappa shape index (κ2) is 7.50. The van der Waals surface area contributed by atoms with Gasteiger partial charge in [-0.3, -0.25) is 0 Å². The van der Waals surface area contributed by atoms with E-state index in [4.69, 9.17) is 10.9 Å². The first-order chi connectivity index (χ1) is 8.15. The fourth-order valence-corrected chi connectivity index (χ4v) is 2.49. The van der Waals surface area contributed by atoms with E-state index in [0.29, 0.717) is 18.3 Å². The van der Waals surface area contributed by atoms with Gasteiger partial charge < -0.3 is 20.9 Å². The van der Waals surface area contributed by atoms with Crippen LogP contribution in [0, 0.1) is 0 Å². The number of aliphatic hydroxyl groups is 1. The van der Waals surface area contributed by atoms with Crippen LogP contribution in [0.15, 0.2) is 5.16 Å². The molecule has 0 bridgehead atoms. The van der Waals surface area contributed by atoms with E-state index in [0.717, 1.165) is 38.6 Å². The van der Waals surface area contributed by atoms with Gasteiger partial charge in [-0.15, -0.1) is 0 Å². The summed E-state index contributed by atoms with van der Waals surface area (Å²) in [5.74, 6) is 0.297. The lowest BCUT2D eigenvalue weighted by Gasteiger charge is -2.35. The molecule has 2 unspecified atom stereocenters. The third-order valence-electron chi connectivity index (χ3n) is 3.58. The van der Waals surface area contributed by atoms with Gasteiger partial charge in [-0.05, 0) is 39.3 Å². The predicted octanol–water partition coefficient (Wildman–Crippen LogP) is 1.14. The first-order valence-electron chi connectivity index (χ1n) is 6.50. The largest absolute Gasteiger partial charge is 0.409 e. The molecule has 1 rings (SSSR count). The summed E-state index contributed by atoms with van der Waals surface area (Å²) in [6, 6.07) is 0.313. The quantitative estimate of drug-likeness (QED) is 0.215. The minimum Gasteiger partial charge on any atom is -0.409 e. The SMILES string of the molecule is CN(CCCCC(N)=NO)C1CCCCC1O. The van der Waals surface area contributed by atoms with E-state index >= 15 is 0 Å². The zero-order valence-electron chi connectivity index (χ0n) is 10.7. The molecular weight excluding hydrogens is 218 g/mol. The van der Waals surface area contributed by atoms with Crippen LogP contribution in [0.3, 0.4) is 0 Å². The Hall–Kier alpha value is -0.810. The predicted molar refractivity (Wildman–Crippen MR) is 68.2 cm³/mol. The van der Waals surface area contributed by atoms with Crippen molar-refractivity contribution in [1.29, 1.82) is 0 Å². The molecule has 0 aromatic rings. The molecule has 17 heavy (non-hydrogen) atoms. The van der Waals surface area contributed by atoms with Crippen LogP contribution in [0.25, 0.3) is 0 Å². The topological polar surface area (TPSA) is 82.1 Å². The Morgan fingerprint density at radius 1 is 1.35 bits per heavy atom. The van der Waals surface area contributed by atoms with Gasteiger partial charge in [-0.25, -0.2) is 0 Å². The molecule has 5 nitrogen and oxygen atoms in total. The summed E-state index contributed by atoms with van der Waals surface area (Å²) in [6.45, 7) is 0.959. The standard InChI is InChI=1S/C12H25N3O2/c1-15(9-5-4-8-12(13)14-17)10-6-2-3-7-11(10)16/h10-11,16-17H,2-9H2,1H3,(H2,13,14). The van der Waals surface area contributed by atoms with Crippen molar-refractivity contribution in [2.45, 2.75) is 57.1 Å². The van der Waals surface area contributed by atoms with Crippen LogP contribution in [0.2, 0.25) is 0 Å². The Morgan fingerprint density at radius 2 is 2.06 bits per heavy atom. The maximum Gasteiger partial charge on any atom is 0.139 e. The molecule has 0 amide bonds. The summed E-state index contributed by atoms with van der Waals surface area (Å²) in [5.41, 5.74) is 5.40. The van der Waals surface area contributed by atoms with Gasteiger partial charge >= 0.3 is 0 Å². The lowest BCUT2D eigenvalue weighted by molar-refractivity contribution is 0.0317. The second-order valence-electron chi connectivity index (χ2n) is 4.95. The molecule has 100 valence electrons. The Balaban J connectivity index is 2.17. The number of rotatable bonds is 6. The van der Waals surface area contributed by atoms with Crippen LogP contribution >= 0.6 is 0 Å². The molecule has 0 heterocycles. The van der Waals surface area contributed by atoms with Crippen molar-refractivity contribution in [2.24, 2.45) is 10.9 Å². The summed E-state index contributed by atoms with van der Waals surface area (Å²) in [5, 5.41) is 21.3. The molecule has 0 aliphatic heterocycles. The molecule has 1 aliphatic rings. The molecule has 0 radical (unpaired) electrons. The molecule has 4 N–H and O–H groups in total. The van der Waals surface area contributed by atoms with Crippen molar-refractivity contribution in [3.05, 3.63) is 0 Å². The van der Waals surface area contributed by atoms with Gasteiger partial charge in [-0.1, -0.05) is 18.0 Å². The highest BCUT2D eigenvalue weighted by molar-refractivity contribution is 5.79. The number of oxime groups is 1. The van der Waals surface area contributed by atoms with Crippen LogP contribution in [0.1, 0.15) is 44.9 Å². The number of hydrogen-bond acceptors (Lipinski definition) is 4. The van der Waals surface area contributed by atoms with Gasteiger partial charge in [0.25, 0.3) is 0 Å². The van der Waals surface area contributed by atoms with E-state index < -0.39 is 0 Å². The smallest absolute Gasteiger partial charge is 0.139 e. The molecule has 2 atom stereocenters. The minimum absolute atomic E-state index is 0.169. The van der Waals surface area contributed by atoms with E-state index in [-0.39, 0.29) is 6.10 Å². The summed E-state index contributed by atoms with van der Waals surface area (Å²) in [7, 11) is 2.07. The molecule has 0 aromatic heterocycles. The van der Waals surface area contributed by atoms with Crippen molar-refractivity contribution in [1.82, 2.24) is 4.90 Å². The average Bonchev–Trinajstić information content (AvgIpc) is 2.34. The molecule has 1 aliphatic carbocycles. The zero-order valence-corrected chi connectivity index (χ0v) is 10.7. The van der Waals surface area contributed by atoms with Crippen LogP contribution in [-0.2, 0) is 0 Å². The summed E-state index contributed by atoms with van der Waals surface area (Å²) < 4.78 is 0. The molecule has 1 fully saturated rings. The van der Waals surface area contributed by atoms with Gasteiger partial charge in [-0.2, -0.15) is 0 Å². The van der Waals surface area contributed by atoms with E-state index in [1.165, 1.54) is 6.42 Å². The molecule has 0 spiro atoms. The van der Waals surface area contributed by atoms with Crippen molar-refractivity contribution < 1.29 is 10.3 Å². The van der Waals surface area contributed by atoms with Gasteiger partial charge in [0.15, 0.2) is 0 Å². The summed E-state index contributed by atoms with van der Waals surface area (Å²) in [4.78, 5) is 2.25. The first-order valence-corrected chi connectivity index (χ1v) is 6.50. The molecule has 0 saturated heterocycles. The maximum atomic E-state index is 9.91. The minimum atomic E-state index is -0.169. The lowest BCUT2D eigenvalue weighted by atomic mass is 9.91. The third kappa shape index (κ3) is 4.91. The second-order valence-corrected chi connectivity index (χ2v) is 4.95. The highest BCUT2D eigenvalue weighted by Gasteiger charge is 2.25. The van der Waals surface area contributed by atoms with Crippen LogP contribution in [0.4, 0.5) is 0 Å². The Kier molecular flexibility index (Phi) is 6.29.